The van der Waals surface area contributed by atoms with Crippen molar-refractivity contribution < 1.29 is 18.5 Å². The first kappa shape index (κ1) is 8.80. The standard InChI is InChI=1S/C3H8BF2NO2/c5-2(6)1-3(7)9-4-8/h2-4,8H,1,7H2. The number of hydrogen-bond acceptors (Lipinski definition) is 3. The highest BCUT2D eigenvalue weighted by Crippen LogP contribution is 2.01. The largest absolute Gasteiger partial charge is 0.436 e. The summed E-state index contributed by atoms with van der Waals surface area (Å²) >= 11 is 0. The summed E-state index contributed by atoms with van der Waals surface area (Å²) in [6.45, 7) is 0. The maximum Gasteiger partial charge on any atom is 0.436 e. The predicted molar refractivity (Wildman–Crippen MR) is 29.0 cm³/mol. The SMILES string of the molecule is NC(CC(F)F)OBO. The summed E-state index contributed by atoms with van der Waals surface area (Å²) in [5.74, 6) is 0. The van der Waals surface area contributed by atoms with E-state index in [1.54, 1.807) is 0 Å². The Morgan fingerprint density at radius 2 is 2.22 bits per heavy atom. The second-order valence-electron chi connectivity index (χ2n) is 1.46. The van der Waals surface area contributed by atoms with Crippen molar-refractivity contribution in [1.82, 2.24) is 0 Å². The van der Waals surface area contributed by atoms with E-state index < -0.39 is 26.8 Å². The molecular formula is C3H8BF2NO2. The summed E-state index contributed by atoms with van der Waals surface area (Å²) in [4.78, 5) is 0. The van der Waals surface area contributed by atoms with Gasteiger partial charge in [-0.15, -0.1) is 0 Å². The van der Waals surface area contributed by atoms with E-state index in [0.29, 0.717) is 0 Å². The van der Waals surface area contributed by atoms with Crippen LogP contribution >= 0.6 is 0 Å². The second-order valence-corrected chi connectivity index (χ2v) is 1.46. The molecular weight excluding hydrogens is 131 g/mol. The molecule has 0 amide bonds. The van der Waals surface area contributed by atoms with Crippen LogP contribution in [0, 0.1) is 0 Å². The molecule has 0 aliphatic carbocycles. The minimum Gasteiger partial charge on any atom is -0.430 e. The van der Waals surface area contributed by atoms with Crippen LogP contribution in [0.2, 0.25) is 0 Å². The first-order valence-electron chi connectivity index (χ1n) is 2.43. The Labute approximate surface area is 52.1 Å². The Hall–Kier alpha value is -0.195. The molecule has 0 aromatic heterocycles. The molecule has 9 heavy (non-hydrogen) atoms. The minimum absolute atomic E-state index is 0.541. The highest BCUT2D eigenvalue weighted by atomic mass is 19.3. The van der Waals surface area contributed by atoms with E-state index in [9.17, 15) is 8.78 Å². The number of rotatable bonds is 4. The third-order valence-corrected chi connectivity index (χ3v) is 0.699. The third kappa shape index (κ3) is 5.68. The lowest BCUT2D eigenvalue weighted by Crippen LogP contribution is -2.27. The van der Waals surface area contributed by atoms with Gasteiger partial charge < -0.3 is 15.4 Å². The maximum atomic E-state index is 11.4. The molecule has 0 saturated heterocycles. The van der Waals surface area contributed by atoms with Gasteiger partial charge in [-0.2, -0.15) is 0 Å². The van der Waals surface area contributed by atoms with Gasteiger partial charge in [0.2, 0.25) is 6.43 Å². The topological polar surface area (TPSA) is 55.5 Å². The lowest BCUT2D eigenvalue weighted by molar-refractivity contribution is 0.0715. The smallest absolute Gasteiger partial charge is 0.430 e. The van der Waals surface area contributed by atoms with Crippen LogP contribution in [-0.4, -0.2) is 25.4 Å². The Morgan fingerprint density at radius 1 is 1.67 bits per heavy atom. The third-order valence-electron chi connectivity index (χ3n) is 0.699. The first-order chi connectivity index (χ1) is 4.16. The molecule has 0 aromatic carbocycles. The summed E-state index contributed by atoms with van der Waals surface area (Å²) < 4.78 is 26.9. The van der Waals surface area contributed by atoms with Crippen LogP contribution in [0.3, 0.4) is 0 Å². The van der Waals surface area contributed by atoms with Gasteiger partial charge in [0.15, 0.2) is 0 Å². The van der Waals surface area contributed by atoms with Gasteiger partial charge in [-0.3, -0.25) is 0 Å². The molecule has 0 aliphatic heterocycles. The van der Waals surface area contributed by atoms with Crippen LogP contribution in [0.15, 0.2) is 0 Å². The Bertz CT molecular complexity index is 74.8. The molecule has 3 nitrogen and oxygen atoms in total. The lowest BCUT2D eigenvalue weighted by Gasteiger charge is -2.08. The average Bonchev–Trinajstić information content (AvgIpc) is 1.63. The van der Waals surface area contributed by atoms with Crippen molar-refractivity contribution in [2.75, 3.05) is 0 Å². The summed E-state index contributed by atoms with van der Waals surface area (Å²) in [7, 11) is -0.617. The summed E-state index contributed by atoms with van der Waals surface area (Å²) in [6, 6.07) is 0. The molecule has 0 spiro atoms. The van der Waals surface area contributed by atoms with Crippen molar-refractivity contribution in [2.45, 2.75) is 19.1 Å². The zero-order valence-corrected chi connectivity index (χ0v) is 4.76. The van der Waals surface area contributed by atoms with Gasteiger partial charge in [0.25, 0.3) is 0 Å². The van der Waals surface area contributed by atoms with E-state index in [-0.39, 0.29) is 0 Å². The van der Waals surface area contributed by atoms with Gasteiger partial charge in [-0.25, -0.2) is 8.78 Å². The van der Waals surface area contributed by atoms with E-state index in [4.69, 9.17) is 10.8 Å². The summed E-state index contributed by atoms with van der Waals surface area (Å²) in [5.41, 5.74) is 4.92. The number of hydrogen-bond donors (Lipinski definition) is 2. The number of alkyl halides is 2. The Morgan fingerprint density at radius 3 is 2.56 bits per heavy atom. The molecule has 0 bridgehead atoms. The van der Waals surface area contributed by atoms with Crippen LogP contribution < -0.4 is 5.73 Å². The van der Waals surface area contributed by atoms with Crippen LogP contribution in [0.5, 0.6) is 0 Å². The average molecular weight is 139 g/mol. The van der Waals surface area contributed by atoms with Crippen molar-refractivity contribution in [3.63, 3.8) is 0 Å². The number of nitrogens with two attached hydrogens (primary N) is 1. The molecule has 0 aromatic rings. The molecule has 0 radical (unpaired) electrons. The van der Waals surface area contributed by atoms with Gasteiger partial charge >= 0.3 is 7.69 Å². The molecule has 0 rings (SSSR count). The lowest BCUT2D eigenvalue weighted by atomic mass is 10.3. The van der Waals surface area contributed by atoms with Crippen molar-refractivity contribution in [3.05, 3.63) is 0 Å². The van der Waals surface area contributed by atoms with Crippen LogP contribution in [0.25, 0.3) is 0 Å². The molecule has 1 atom stereocenters. The van der Waals surface area contributed by atoms with Crippen molar-refractivity contribution in [3.8, 4) is 0 Å². The normalized spacial score (nSPS) is 13.9. The molecule has 54 valence electrons. The van der Waals surface area contributed by atoms with E-state index in [2.05, 4.69) is 4.65 Å². The minimum atomic E-state index is -2.48. The fourth-order valence-electron chi connectivity index (χ4n) is 0.339. The van der Waals surface area contributed by atoms with Crippen molar-refractivity contribution in [2.24, 2.45) is 5.73 Å². The van der Waals surface area contributed by atoms with Gasteiger partial charge in [0.1, 0.15) is 0 Å². The molecule has 0 fully saturated rings. The molecule has 6 heteroatoms. The monoisotopic (exact) mass is 139 g/mol. The molecule has 0 saturated carbocycles. The van der Waals surface area contributed by atoms with E-state index in [1.165, 1.54) is 0 Å². The predicted octanol–water partition coefficient (Wildman–Crippen LogP) is -0.798. The van der Waals surface area contributed by atoms with E-state index >= 15 is 0 Å². The van der Waals surface area contributed by atoms with Crippen LogP contribution in [-0.2, 0) is 4.65 Å². The maximum absolute atomic E-state index is 11.4. The quantitative estimate of drug-likeness (QED) is 0.396. The zero-order chi connectivity index (χ0) is 7.28. The molecule has 0 aliphatic rings. The van der Waals surface area contributed by atoms with Gasteiger partial charge in [-0.05, 0) is 0 Å². The zero-order valence-electron chi connectivity index (χ0n) is 4.76. The van der Waals surface area contributed by atoms with Gasteiger partial charge in [0.05, 0.1) is 6.23 Å². The van der Waals surface area contributed by atoms with Crippen LogP contribution in [0.4, 0.5) is 8.78 Å². The Balaban J connectivity index is 3.15. The fourth-order valence-corrected chi connectivity index (χ4v) is 0.339. The van der Waals surface area contributed by atoms with Crippen molar-refractivity contribution >= 4 is 7.69 Å². The molecule has 0 heterocycles. The van der Waals surface area contributed by atoms with Gasteiger partial charge in [-0.1, -0.05) is 0 Å². The number of halogens is 2. The first-order valence-corrected chi connectivity index (χ1v) is 2.43. The Kier molecular flexibility index (Phi) is 4.56. The van der Waals surface area contributed by atoms with Gasteiger partial charge in [0, 0.05) is 6.42 Å². The second kappa shape index (κ2) is 4.66. The molecule has 3 N–H and O–H groups in total. The molecule has 1 unspecified atom stereocenters. The highest BCUT2D eigenvalue weighted by molar-refractivity contribution is 6.15. The summed E-state index contributed by atoms with van der Waals surface area (Å²) in [6.07, 6.45) is -4.08. The van der Waals surface area contributed by atoms with Crippen molar-refractivity contribution in [1.29, 1.82) is 0 Å². The van der Waals surface area contributed by atoms with E-state index in [1.807, 2.05) is 0 Å². The highest BCUT2D eigenvalue weighted by Gasteiger charge is 2.09. The fraction of sp³-hybridized carbons (Fsp3) is 1.00. The summed E-state index contributed by atoms with van der Waals surface area (Å²) in [5, 5.41) is 8.00. The van der Waals surface area contributed by atoms with Crippen LogP contribution in [0.1, 0.15) is 6.42 Å². The van der Waals surface area contributed by atoms with E-state index in [0.717, 1.165) is 0 Å².